The summed E-state index contributed by atoms with van der Waals surface area (Å²) in [4.78, 5) is 14.3. The third kappa shape index (κ3) is 4.55. The second-order valence-corrected chi connectivity index (χ2v) is 5.38. The molecule has 0 fully saturated rings. The second-order valence-electron chi connectivity index (χ2n) is 5.38. The molecule has 1 unspecified atom stereocenters. The van der Waals surface area contributed by atoms with Crippen molar-refractivity contribution in [1.29, 1.82) is 0 Å². The first-order chi connectivity index (χ1) is 10.1. The molecule has 0 amide bonds. The number of hydrogen-bond acceptors (Lipinski definition) is 3. The van der Waals surface area contributed by atoms with E-state index in [4.69, 9.17) is 0 Å². The highest BCUT2D eigenvalue weighted by molar-refractivity contribution is 5.81. The van der Waals surface area contributed by atoms with E-state index in [0.29, 0.717) is 13.1 Å². The molecule has 1 atom stereocenters. The number of nitrogens with one attached hydrogen (secondary N) is 1. The molecule has 4 heteroatoms. The van der Waals surface area contributed by atoms with Crippen LogP contribution in [0.1, 0.15) is 39.2 Å². The van der Waals surface area contributed by atoms with E-state index in [-0.39, 0.29) is 0 Å². The van der Waals surface area contributed by atoms with Gasteiger partial charge in [0.1, 0.15) is 0 Å². The molecule has 1 aromatic rings. The van der Waals surface area contributed by atoms with Gasteiger partial charge in [0.25, 0.3) is 0 Å². The summed E-state index contributed by atoms with van der Waals surface area (Å²) in [6, 6.07) is 9.50. The van der Waals surface area contributed by atoms with Crippen LogP contribution in [-0.4, -0.2) is 42.2 Å². The number of hydrogen-bond donors (Lipinski definition) is 2. The quantitative estimate of drug-likeness (QED) is 0.696. The molecule has 0 radical (unpaired) electrons. The van der Waals surface area contributed by atoms with Crippen LogP contribution in [0, 0.1) is 0 Å². The summed E-state index contributed by atoms with van der Waals surface area (Å²) < 4.78 is 0. The number of carbonyl (C=O) groups is 1. The molecule has 0 saturated carbocycles. The van der Waals surface area contributed by atoms with Crippen LogP contribution in [0.25, 0.3) is 0 Å². The molecule has 21 heavy (non-hydrogen) atoms. The van der Waals surface area contributed by atoms with Gasteiger partial charge in [-0.25, -0.2) is 4.79 Å². The van der Waals surface area contributed by atoms with Crippen molar-refractivity contribution in [3.63, 3.8) is 0 Å². The molecular formula is C17H28N2O2. The maximum absolute atomic E-state index is 12.1. The van der Waals surface area contributed by atoms with E-state index in [1.807, 2.05) is 37.3 Å². The molecule has 1 aromatic carbocycles. The number of aliphatic carboxylic acids is 1. The summed E-state index contributed by atoms with van der Waals surface area (Å²) in [6.07, 6.45) is 2.05. The SMILES string of the molecule is CCCN(CCC)CC(NCC)(C(=O)O)c1ccccc1. The van der Waals surface area contributed by atoms with E-state index in [1.165, 1.54) is 0 Å². The van der Waals surface area contributed by atoms with Crippen molar-refractivity contribution in [3.8, 4) is 0 Å². The van der Waals surface area contributed by atoms with Crippen molar-refractivity contribution in [2.45, 2.75) is 39.2 Å². The Morgan fingerprint density at radius 3 is 2.14 bits per heavy atom. The molecule has 2 N–H and O–H groups in total. The van der Waals surface area contributed by atoms with Gasteiger partial charge in [-0.05, 0) is 38.0 Å². The van der Waals surface area contributed by atoms with E-state index in [2.05, 4.69) is 24.1 Å². The Morgan fingerprint density at radius 1 is 1.14 bits per heavy atom. The van der Waals surface area contributed by atoms with Gasteiger partial charge in [-0.15, -0.1) is 0 Å². The summed E-state index contributed by atoms with van der Waals surface area (Å²) in [5.41, 5.74) is -0.225. The Hall–Kier alpha value is -1.39. The highest BCUT2D eigenvalue weighted by atomic mass is 16.4. The minimum atomic E-state index is -1.04. The average Bonchev–Trinajstić information content (AvgIpc) is 2.48. The van der Waals surface area contributed by atoms with Gasteiger partial charge in [0, 0.05) is 6.54 Å². The maximum atomic E-state index is 12.1. The summed E-state index contributed by atoms with van der Waals surface area (Å²) in [5, 5.41) is 13.1. The third-order valence-electron chi connectivity index (χ3n) is 3.65. The Balaban J connectivity index is 3.14. The van der Waals surface area contributed by atoms with Gasteiger partial charge in [0.15, 0.2) is 5.54 Å². The minimum Gasteiger partial charge on any atom is -0.480 e. The first-order valence-corrected chi connectivity index (χ1v) is 7.87. The molecular weight excluding hydrogens is 264 g/mol. The van der Waals surface area contributed by atoms with Crippen LogP contribution in [-0.2, 0) is 10.3 Å². The van der Waals surface area contributed by atoms with Crippen molar-refractivity contribution >= 4 is 5.97 Å². The zero-order valence-electron chi connectivity index (χ0n) is 13.4. The van der Waals surface area contributed by atoms with Crippen molar-refractivity contribution < 1.29 is 9.90 Å². The Labute approximate surface area is 128 Å². The van der Waals surface area contributed by atoms with E-state index < -0.39 is 11.5 Å². The first kappa shape index (κ1) is 17.7. The van der Waals surface area contributed by atoms with Crippen LogP contribution in [0.2, 0.25) is 0 Å². The standard InChI is InChI=1S/C17H28N2O2/c1-4-12-19(13-5-2)14-17(16(20)21,18-6-3)15-10-8-7-9-11-15/h7-11,18H,4-6,12-14H2,1-3H3,(H,20,21). The second kappa shape index (κ2) is 8.80. The summed E-state index contributed by atoms with van der Waals surface area (Å²) in [7, 11) is 0. The first-order valence-electron chi connectivity index (χ1n) is 7.87. The van der Waals surface area contributed by atoms with Crippen LogP contribution >= 0.6 is 0 Å². The van der Waals surface area contributed by atoms with E-state index in [9.17, 15) is 9.90 Å². The topological polar surface area (TPSA) is 52.6 Å². The highest BCUT2D eigenvalue weighted by Gasteiger charge is 2.40. The molecule has 0 heterocycles. The van der Waals surface area contributed by atoms with Gasteiger partial charge in [0.2, 0.25) is 0 Å². The van der Waals surface area contributed by atoms with Crippen molar-refractivity contribution in [1.82, 2.24) is 10.2 Å². The lowest BCUT2D eigenvalue weighted by atomic mass is 9.88. The molecule has 0 aromatic heterocycles. The van der Waals surface area contributed by atoms with Crippen LogP contribution in [0.3, 0.4) is 0 Å². The molecule has 0 spiro atoms. The molecule has 0 aliphatic rings. The summed E-state index contributed by atoms with van der Waals surface area (Å²) in [6.45, 7) is 9.14. The zero-order valence-corrected chi connectivity index (χ0v) is 13.4. The molecule has 118 valence electrons. The average molecular weight is 292 g/mol. The molecule has 4 nitrogen and oxygen atoms in total. The smallest absolute Gasteiger partial charge is 0.329 e. The molecule has 0 aliphatic heterocycles. The van der Waals surface area contributed by atoms with Crippen LogP contribution in [0.4, 0.5) is 0 Å². The summed E-state index contributed by atoms with van der Waals surface area (Å²) >= 11 is 0. The molecule has 0 bridgehead atoms. The van der Waals surface area contributed by atoms with Crippen molar-refractivity contribution in [2.75, 3.05) is 26.2 Å². The summed E-state index contributed by atoms with van der Waals surface area (Å²) in [5.74, 6) is -0.812. The van der Waals surface area contributed by atoms with Crippen molar-refractivity contribution in [3.05, 3.63) is 35.9 Å². The van der Waals surface area contributed by atoms with Crippen LogP contribution in [0.5, 0.6) is 0 Å². The van der Waals surface area contributed by atoms with Gasteiger partial charge in [-0.1, -0.05) is 51.1 Å². The minimum absolute atomic E-state index is 0.488. The van der Waals surface area contributed by atoms with Gasteiger partial charge in [-0.2, -0.15) is 0 Å². The van der Waals surface area contributed by atoms with Crippen LogP contribution in [0.15, 0.2) is 30.3 Å². The lowest BCUT2D eigenvalue weighted by molar-refractivity contribution is -0.146. The molecule has 1 rings (SSSR count). The predicted octanol–water partition coefficient (Wildman–Crippen LogP) is 2.70. The number of benzene rings is 1. The number of nitrogens with zero attached hydrogens (tertiary/aromatic N) is 1. The fourth-order valence-electron chi connectivity index (χ4n) is 2.78. The molecule has 0 aliphatic carbocycles. The molecule has 0 saturated heterocycles. The fourth-order valence-corrected chi connectivity index (χ4v) is 2.78. The van der Waals surface area contributed by atoms with E-state index in [0.717, 1.165) is 31.5 Å². The number of likely N-dealkylation sites (N-methyl/N-ethyl adjacent to an activating group) is 1. The monoisotopic (exact) mass is 292 g/mol. The normalized spacial score (nSPS) is 14.1. The largest absolute Gasteiger partial charge is 0.480 e. The lowest BCUT2D eigenvalue weighted by Crippen LogP contribution is -2.56. The van der Waals surface area contributed by atoms with Crippen molar-refractivity contribution in [2.24, 2.45) is 0 Å². The predicted molar refractivity (Wildman–Crippen MR) is 86.5 cm³/mol. The highest BCUT2D eigenvalue weighted by Crippen LogP contribution is 2.23. The lowest BCUT2D eigenvalue weighted by Gasteiger charge is -2.36. The van der Waals surface area contributed by atoms with Gasteiger partial charge in [-0.3, -0.25) is 5.32 Å². The van der Waals surface area contributed by atoms with Gasteiger partial charge in [0.05, 0.1) is 0 Å². The number of carboxylic acid groups (broad SMARTS) is 1. The number of rotatable bonds is 10. The van der Waals surface area contributed by atoms with Gasteiger partial charge >= 0.3 is 5.97 Å². The number of carboxylic acids is 1. The Bertz CT molecular complexity index is 416. The Kier molecular flexibility index (Phi) is 7.40. The van der Waals surface area contributed by atoms with E-state index >= 15 is 0 Å². The van der Waals surface area contributed by atoms with Gasteiger partial charge < -0.3 is 10.0 Å². The third-order valence-corrected chi connectivity index (χ3v) is 3.65. The maximum Gasteiger partial charge on any atom is 0.329 e. The zero-order chi connectivity index (χ0) is 15.7. The Morgan fingerprint density at radius 2 is 1.71 bits per heavy atom. The van der Waals surface area contributed by atoms with E-state index in [1.54, 1.807) is 0 Å². The van der Waals surface area contributed by atoms with Crippen LogP contribution < -0.4 is 5.32 Å². The fraction of sp³-hybridized carbons (Fsp3) is 0.588.